The van der Waals surface area contributed by atoms with E-state index < -0.39 is 11.1 Å². The Morgan fingerprint density at radius 2 is 1.62 bits per heavy atom. The molecule has 2 heterocycles. The Morgan fingerprint density at radius 3 is 2.23 bits per heavy atom. The van der Waals surface area contributed by atoms with Crippen LogP contribution in [-0.2, 0) is 11.3 Å². The quantitative estimate of drug-likeness (QED) is 0.784. The minimum atomic E-state index is -0.420. The van der Waals surface area contributed by atoms with Crippen molar-refractivity contribution in [1.29, 1.82) is 0 Å². The topological polar surface area (TPSA) is 95.5 Å². The first-order valence-corrected chi connectivity index (χ1v) is 8.38. The number of carbonyl (C=O) groups is 2. The molecular weight excluding hydrogens is 336 g/mol. The predicted octanol–water partition coefficient (Wildman–Crippen LogP) is 0.0880. The van der Waals surface area contributed by atoms with Crippen LogP contribution in [0.5, 0.6) is 0 Å². The summed E-state index contributed by atoms with van der Waals surface area (Å²) in [5.41, 5.74) is 0.842. The molecule has 2 aromatic rings. The number of aromatic nitrogens is 2. The molecule has 1 N–H and O–H groups in total. The van der Waals surface area contributed by atoms with Gasteiger partial charge in [0.05, 0.1) is 0 Å². The van der Waals surface area contributed by atoms with E-state index in [2.05, 4.69) is 10.00 Å². The van der Waals surface area contributed by atoms with Crippen molar-refractivity contribution in [2.75, 3.05) is 31.1 Å². The van der Waals surface area contributed by atoms with E-state index in [1.165, 1.54) is 6.92 Å². The number of anilines is 1. The normalized spacial score (nSPS) is 14.3. The van der Waals surface area contributed by atoms with E-state index in [1.807, 2.05) is 12.1 Å². The second-order valence-corrected chi connectivity index (χ2v) is 6.20. The minimum Gasteiger partial charge on any atom is -0.368 e. The average molecular weight is 356 g/mol. The molecule has 1 amide bonds. The fraction of sp³-hybridized carbons (Fsp3) is 0.333. The lowest BCUT2D eigenvalue weighted by atomic mass is 10.1. The van der Waals surface area contributed by atoms with Crippen molar-refractivity contribution >= 4 is 17.4 Å². The van der Waals surface area contributed by atoms with Crippen molar-refractivity contribution in [3.05, 3.63) is 62.7 Å². The van der Waals surface area contributed by atoms with Gasteiger partial charge in [0.2, 0.25) is 5.91 Å². The molecule has 0 unspecified atom stereocenters. The number of aromatic amines is 1. The van der Waals surface area contributed by atoms with Gasteiger partial charge in [-0.25, -0.2) is 4.68 Å². The highest BCUT2D eigenvalue weighted by molar-refractivity contribution is 5.94. The van der Waals surface area contributed by atoms with Gasteiger partial charge in [-0.1, -0.05) is 0 Å². The predicted molar refractivity (Wildman–Crippen MR) is 96.6 cm³/mol. The van der Waals surface area contributed by atoms with Crippen molar-refractivity contribution in [3.8, 4) is 0 Å². The zero-order valence-electron chi connectivity index (χ0n) is 14.5. The third kappa shape index (κ3) is 3.90. The summed E-state index contributed by atoms with van der Waals surface area (Å²) in [6.07, 6.45) is 0. The Morgan fingerprint density at radius 1 is 0.962 bits per heavy atom. The van der Waals surface area contributed by atoms with E-state index in [0.717, 1.165) is 22.5 Å². The highest BCUT2D eigenvalue weighted by Crippen LogP contribution is 2.17. The lowest BCUT2D eigenvalue weighted by Gasteiger charge is -2.36. The van der Waals surface area contributed by atoms with Crippen LogP contribution < -0.4 is 16.0 Å². The highest BCUT2D eigenvalue weighted by atomic mass is 16.2. The molecule has 0 spiro atoms. The van der Waals surface area contributed by atoms with Gasteiger partial charge in [-0.05, 0) is 31.2 Å². The molecule has 136 valence electrons. The molecule has 26 heavy (non-hydrogen) atoms. The SMILES string of the molecule is CC(=O)c1ccc(N2CCN(C(=O)Cn3[nH]c(=O)ccc3=O)CC2)cc1. The maximum Gasteiger partial charge on any atom is 0.265 e. The third-order valence-electron chi connectivity index (χ3n) is 4.45. The van der Waals surface area contributed by atoms with Gasteiger partial charge in [-0.15, -0.1) is 0 Å². The largest absolute Gasteiger partial charge is 0.368 e. The van der Waals surface area contributed by atoms with Crippen molar-refractivity contribution in [1.82, 2.24) is 14.7 Å². The van der Waals surface area contributed by atoms with Crippen LogP contribution >= 0.6 is 0 Å². The van der Waals surface area contributed by atoms with E-state index >= 15 is 0 Å². The molecule has 8 heteroatoms. The fourth-order valence-electron chi connectivity index (χ4n) is 2.94. The van der Waals surface area contributed by atoms with Crippen LogP contribution in [0, 0.1) is 0 Å². The lowest BCUT2D eigenvalue weighted by molar-refractivity contribution is -0.132. The van der Waals surface area contributed by atoms with Gasteiger partial charge < -0.3 is 9.80 Å². The molecule has 1 aliphatic heterocycles. The van der Waals surface area contributed by atoms with Crippen LogP contribution in [0.4, 0.5) is 5.69 Å². The Bertz CT molecular complexity index is 921. The lowest BCUT2D eigenvalue weighted by Crippen LogP contribution is -2.50. The molecule has 0 atom stereocenters. The van der Waals surface area contributed by atoms with Crippen molar-refractivity contribution in [2.45, 2.75) is 13.5 Å². The number of rotatable bonds is 4. The van der Waals surface area contributed by atoms with Gasteiger partial charge in [-0.3, -0.25) is 24.3 Å². The fourth-order valence-corrected chi connectivity index (χ4v) is 2.94. The molecule has 1 aliphatic rings. The molecule has 0 aliphatic carbocycles. The van der Waals surface area contributed by atoms with E-state index in [-0.39, 0.29) is 18.2 Å². The summed E-state index contributed by atoms with van der Waals surface area (Å²) in [4.78, 5) is 50.5. The summed E-state index contributed by atoms with van der Waals surface area (Å²) in [5.74, 6) is -0.179. The molecule has 1 saturated heterocycles. The standard InChI is InChI=1S/C18H20N4O4/c1-13(23)14-2-4-15(5-3-14)20-8-10-21(11-9-20)18(26)12-22-17(25)7-6-16(24)19-22/h2-7H,8-12H2,1H3,(H,19,24). The third-order valence-corrected chi connectivity index (χ3v) is 4.45. The summed E-state index contributed by atoms with van der Waals surface area (Å²) in [6.45, 7) is 3.72. The van der Waals surface area contributed by atoms with Gasteiger partial charge >= 0.3 is 0 Å². The first kappa shape index (κ1) is 17.7. The number of carbonyl (C=O) groups excluding carboxylic acids is 2. The summed E-state index contributed by atoms with van der Waals surface area (Å²) >= 11 is 0. The number of ketones is 1. The van der Waals surface area contributed by atoms with Crippen LogP contribution in [0.2, 0.25) is 0 Å². The molecule has 0 bridgehead atoms. The molecule has 8 nitrogen and oxygen atoms in total. The van der Waals surface area contributed by atoms with Crippen molar-refractivity contribution in [3.63, 3.8) is 0 Å². The average Bonchev–Trinajstić information content (AvgIpc) is 2.65. The monoisotopic (exact) mass is 356 g/mol. The number of H-pyrrole nitrogens is 1. The van der Waals surface area contributed by atoms with Gasteiger partial charge in [0, 0.05) is 49.6 Å². The summed E-state index contributed by atoms with van der Waals surface area (Å²) < 4.78 is 1.03. The second kappa shape index (κ2) is 7.38. The number of hydrogen-bond donors (Lipinski definition) is 1. The van der Waals surface area contributed by atoms with Crippen molar-refractivity contribution in [2.24, 2.45) is 0 Å². The Kier molecular flexibility index (Phi) is 5.01. The van der Waals surface area contributed by atoms with Crippen LogP contribution in [0.25, 0.3) is 0 Å². The smallest absolute Gasteiger partial charge is 0.265 e. The van der Waals surface area contributed by atoms with Crippen LogP contribution in [-0.4, -0.2) is 52.5 Å². The Labute approximate surface area is 149 Å². The number of nitrogens with one attached hydrogen (secondary N) is 1. The summed E-state index contributed by atoms with van der Waals surface area (Å²) in [5, 5.41) is 2.36. The number of hydrogen-bond acceptors (Lipinski definition) is 5. The zero-order valence-corrected chi connectivity index (χ0v) is 14.5. The van der Waals surface area contributed by atoms with Gasteiger partial charge in [0.15, 0.2) is 5.78 Å². The Hall–Kier alpha value is -3.16. The van der Waals surface area contributed by atoms with E-state index in [1.54, 1.807) is 17.0 Å². The number of nitrogens with zero attached hydrogens (tertiary/aromatic N) is 3. The molecule has 3 rings (SSSR count). The molecule has 1 aromatic carbocycles. The van der Waals surface area contributed by atoms with Crippen LogP contribution in [0.3, 0.4) is 0 Å². The maximum atomic E-state index is 12.4. The first-order valence-electron chi connectivity index (χ1n) is 8.38. The summed E-state index contributed by atoms with van der Waals surface area (Å²) in [7, 11) is 0. The van der Waals surface area contributed by atoms with Gasteiger partial charge in [0.1, 0.15) is 6.54 Å². The zero-order chi connectivity index (χ0) is 18.7. The van der Waals surface area contributed by atoms with Crippen molar-refractivity contribution < 1.29 is 9.59 Å². The molecule has 0 saturated carbocycles. The first-order chi connectivity index (χ1) is 12.4. The Balaban J connectivity index is 1.60. The van der Waals surface area contributed by atoms with E-state index in [0.29, 0.717) is 31.7 Å². The molecule has 1 fully saturated rings. The number of benzene rings is 1. The second-order valence-electron chi connectivity index (χ2n) is 6.20. The van der Waals surface area contributed by atoms with Gasteiger partial charge in [0.25, 0.3) is 11.1 Å². The number of Topliss-reactive ketones (excluding diaryl/α,β-unsaturated/α-hetero) is 1. The van der Waals surface area contributed by atoms with Crippen LogP contribution in [0.15, 0.2) is 46.0 Å². The highest BCUT2D eigenvalue weighted by Gasteiger charge is 2.22. The minimum absolute atomic E-state index is 0.0289. The van der Waals surface area contributed by atoms with E-state index in [9.17, 15) is 19.2 Å². The van der Waals surface area contributed by atoms with Crippen LogP contribution in [0.1, 0.15) is 17.3 Å². The maximum absolute atomic E-state index is 12.4. The molecular formula is C18H20N4O4. The van der Waals surface area contributed by atoms with E-state index in [4.69, 9.17) is 0 Å². The molecule has 1 aromatic heterocycles. The summed E-state index contributed by atoms with van der Waals surface area (Å²) in [6, 6.07) is 9.69. The molecule has 0 radical (unpaired) electrons. The number of piperazine rings is 1. The number of amides is 1. The van der Waals surface area contributed by atoms with Gasteiger partial charge in [-0.2, -0.15) is 0 Å².